The lowest BCUT2D eigenvalue weighted by Crippen LogP contribution is -2.36. The number of halogens is 1. The van der Waals surface area contributed by atoms with Crippen LogP contribution in [0.5, 0.6) is 0 Å². The molecule has 1 saturated heterocycles. The van der Waals surface area contributed by atoms with E-state index in [1.165, 1.54) is 12.8 Å². The van der Waals surface area contributed by atoms with E-state index in [9.17, 15) is 0 Å². The van der Waals surface area contributed by atoms with Crippen LogP contribution >= 0.6 is 27.3 Å². The summed E-state index contributed by atoms with van der Waals surface area (Å²) in [5.41, 5.74) is 0. The molecule has 1 aliphatic heterocycles. The zero-order chi connectivity index (χ0) is 9.80. The second-order valence-corrected chi connectivity index (χ2v) is 5.85. The average Bonchev–Trinajstić information content (AvgIpc) is 2.63. The Morgan fingerprint density at radius 3 is 3.29 bits per heavy atom. The van der Waals surface area contributed by atoms with Crippen molar-refractivity contribution in [1.29, 1.82) is 0 Å². The number of ether oxygens (including phenoxy) is 1. The van der Waals surface area contributed by atoms with Gasteiger partial charge in [0.25, 0.3) is 0 Å². The number of aromatic nitrogens is 1. The Balaban J connectivity index is 1.76. The molecule has 0 aromatic carbocycles. The summed E-state index contributed by atoms with van der Waals surface area (Å²) in [6.45, 7) is 2.61. The third-order valence-electron chi connectivity index (χ3n) is 2.23. The normalized spacial score (nSPS) is 22.5. The van der Waals surface area contributed by atoms with Crippen LogP contribution in [0, 0.1) is 0 Å². The van der Waals surface area contributed by atoms with Gasteiger partial charge in [0.2, 0.25) is 0 Å². The van der Waals surface area contributed by atoms with Crippen molar-refractivity contribution in [2.24, 2.45) is 0 Å². The van der Waals surface area contributed by atoms with Crippen molar-refractivity contribution in [2.75, 3.05) is 13.2 Å². The Kier molecular flexibility index (Phi) is 3.92. The van der Waals surface area contributed by atoms with Crippen LogP contribution in [-0.2, 0) is 11.3 Å². The van der Waals surface area contributed by atoms with Gasteiger partial charge in [-0.2, -0.15) is 0 Å². The van der Waals surface area contributed by atoms with Crippen LogP contribution in [0.15, 0.2) is 9.98 Å². The lowest BCUT2D eigenvalue weighted by atomic mass is 10.1. The maximum Gasteiger partial charge on any atom is 0.107 e. The van der Waals surface area contributed by atoms with E-state index >= 15 is 0 Å². The second-order valence-electron chi connectivity index (χ2n) is 3.35. The summed E-state index contributed by atoms with van der Waals surface area (Å²) in [5.74, 6) is 0. The zero-order valence-electron chi connectivity index (χ0n) is 7.83. The van der Waals surface area contributed by atoms with E-state index in [-0.39, 0.29) is 0 Å². The molecule has 0 spiro atoms. The highest BCUT2D eigenvalue weighted by Crippen LogP contribution is 2.19. The Hall–Kier alpha value is 0.0300. The van der Waals surface area contributed by atoms with Crippen molar-refractivity contribution in [2.45, 2.75) is 25.4 Å². The van der Waals surface area contributed by atoms with Gasteiger partial charge < -0.3 is 10.1 Å². The molecule has 1 fully saturated rings. The van der Waals surface area contributed by atoms with Crippen molar-refractivity contribution < 1.29 is 4.74 Å². The third-order valence-corrected chi connectivity index (χ3v) is 3.70. The predicted octanol–water partition coefficient (Wildman–Crippen LogP) is 2.17. The monoisotopic (exact) mass is 276 g/mol. The van der Waals surface area contributed by atoms with E-state index in [1.54, 1.807) is 11.3 Å². The van der Waals surface area contributed by atoms with Gasteiger partial charge in [-0.05, 0) is 28.8 Å². The summed E-state index contributed by atoms with van der Waals surface area (Å²) in [6.07, 6.45) is 4.23. The summed E-state index contributed by atoms with van der Waals surface area (Å²) >= 11 is 5.08. The first-order valence-corrected chi connectivity index (χ1v) is 6.37. The molecular weight excluding hydrogens is 264 g/mol. The molecule has 78 valence electrons. The van der Waals surface area contributed by atoms with Gasteiger partial charge in [-0.25, -0.2) is 4.98 Å². The van der Waals surface area contributed by atoms with Crippen molar-refractivity contribution >= 4 is 27.3 Å². The minimum atomic E-state index is 0.506. The van der Waals surface area contributed by atoms with Gasteiger partial charge in [-0.1, -0.05) is 0 Å². The minimum absolute atomic E-state index is 0.506. The molecule has 0 bridgehead atoms. The molecule has 0 amide bonds. The quantitative estimate of drug-likeness (QED) is 0.919. The molecule has 0 saturated carbocycles. The van der Waals surface area contributed by atoms with Crippen molar-refractivity contribution in [3.63, 3.8) is 0 Å². The van der Waals surface area contributed by atoms with E-state index in [0.717, 1.165) is 28.6 Å². The maximum atomic E-state index is 5.39. The number of thiazole rings is 1. The highest BCUT2D eigenvalue weighted by atomic mass is 79.9. The first-order chi connectivity index (χ1) is 6.84. The predicted molar refractivity (Wildman–Crippen MR) is 60.5 cm³/mol. The van der Waals surface area contributed by atoms with Crippen LogP contribution in [0.2, 0.25) is 0 Å². The number of rotatable bonds is 3. The Bertz CT molecular complexity index is 286. The van der Waals surface area contributed by atoms with Crippen LogP contribution in [0.4, 0.5) is 0 Å². The summed E-state index contributed by atoms with van der Waals surface area (Å²) in [7, 11) is 0. The van der Waals surface area contributed by atoms with Crippen molar-refractivity contribution in [3.8, 4) is 0 Å². The summed E-state index contributed by atoms with van der Waals surface area (Å²) in [6, 6.07) is 0.506. The van der Waals surface area contributed by atoms with E-state index in [4.69, 9.17) is 4.74 Å². The van der Waals surface area contributed by atoms with Crippen LogP contribution in [0.3, 0.4) is 0 Å². The van der Waals surface area contributed by atoms with Crippen LogP contribution in [0.1, 0.15) is 17.8 Å². The highest BCUT2D eigenvalue weighted by Gasteiger charge is 2.13. The van der Waals surface area contributed by atoms with E-state index in [0.29, 0.717) is 6.04 Å². The van der Waals surface area contributed by atoms with E-state index in [2.05, 4.69) is 26.2 Å². The molecule has 5 heteroatoms. The molecule has 1 atom stereocenters. The van der Waals surface area contributed by atoms with Crippen molar-refractivity contribution in [1.82, 2.24) is 10.3 Å². The van der Waals surface area contributed by atoms with Gasteiger partial charge >= 0.3 is 0 Å². The number of hydrogen-bond donors (Lipinski definition) is 1. The fourth-order valence-corrected chi connectivity index (χ4v) is 2.76. The van der Waals surface area contributed by atoms with Gasteiger partial charge in [-0.15, -0.1) is 11.3 Å². The molecule has 0 unspecified atom stereocenters. The first-order valence-electron chi connectivity index (χ1n) is 4.76. The molecule has 2 heterocycles. The van der Waals surface area contributed by atoms with E-state index in [1.807, 2.05) is 6.20 Å². The SMILES string of the molecule is Brc1cnc(CN[C@@H]2CCCOC2)s1. The lowest BCUT2D eigenvalue weighted by molar-refractivity contribution is 0.0699. The number of nitrogens with one attached hydrogen (secondary N) is 1. The lowest BCUT2D eigenvalue weighted by Gasteiger charge is -2.22. The van der Waals surface area contributed by atoms with Crippen LogP contribution in [0.25, 0.3) is 0 Å². The Morgan fingerprint density at radius 1 is 1.71 bits per heavy atom. The third kappa shape index (κ3) is 3.02. The molecule has 3 nitrogen and oxygen atoms in total. The van der Waals surface area contributed by atoms with Gasteiger partial charge in [0.1, 0.15) is 5.01 Å². The average molecular weight is 277 g/mol. The minimum Gasteiger partial charge on any atom is -0.380 e. The van der Waals surface area contributed by atoms with Gasteiger partial charge in [-0.3, -0.25) is 0 Å². The van der Waals surface area contributed by atoms with Crippen LogP contribution < -0.4 is 5.32 Å². The Labute approximate surface area is 96.0 Å². The smallest absolute Gasteiger partial charge is 0.107 e. The molecule has 0 radical (unpaired) electrons. The molecule has 1 aliphatic rings. The molecule has 1 aromatic heterocycles. The fourth-order valence-electron chi connectivity index (χ4n) is 1.50. The summed E-state index contributed by atoms with van der Waals surface area (Å²) in [5, 5.41) is 4.58. The molecule has 1 aromatic rings. The molecular formula is C9H13BrN2OS. The van der Waals surface area contributed by atoms with Gasteiger partial charge in [0, 0.05) is 19.2 Å². The summed E-state index contributed by atoms with van der Waals surface area (Å²) in [4.78, 5) is 4.27. The number of hydrogen-bond acceptors (Lipinski definition) is 4. The van der Waals surface area contributed by atoms with Crippen molar-refractivity contribution in [3.05, 3.63) is 15.0 Å². The molecule has 1 N–H and O–H groups in total. The fraction of sp³-hybridized carbons (Fsp3) is 0.667. The number of nitrogens with zero attached hydrogens (tertiary/aromatic N) is 1. The standard InChI is InChI=1S/C9H13BrN2OS/c10-8-4-12-9(14-8)5-11-7-2-1-3-13-6-7/h4,7,11H,1-3,5-6H2/t7-/m1/s1. The van der Waals surface area contributed by atoms with Gasteiger partial charge in [0.05, 0.1) is 16.6 Å². The summed E-state index contributed by atoms with van der Waals surface area (Å²) < 4.78 is 6.48. The van der Waals surface area contributed by atoms with Crippen LogP contribution in [-0.4, -0.2) is 24.2 Å². The topological polar surface area (TPSA) is 34.2 Å². The largest absolute Gasteiger partial charge is 0.380 e. The second kappa shape index (κ2) is 5.21. The zero-order valence-corrected chi connectivity index (χ0v) is 10.2. The highest BCUT2D eigenvalue weighted by molar-refractivity contribution is 9.11. The Morgan fingerprint density at radius 2 is 2.64 bits per heavy atom. The van der Waals surface area contributed by atoms with E-state index < -0.39 is 0 Å². The molecule has 2 rings (SSSR count). The molecule has 14 heavy (non-hydrogen) atoms. The first kappa shape index (κ1) is 10.5. The maximum absolute atomic E-state index is 5.39. The molecule has 0 aliphatic carbocycles. The van der Waals surface area contributed by atoms with Gasteiger partial charge in [0.15, 0.2) is 0 Å².